The van der Waals surface area contributed by atoms with Gasteiger partial charge in [0, 0.05) is 0 Å². The van der Waals surface area contributed by atoms with Crippen molar-refractivity contribution in [1.29, 1.82) is 0 Å². The van der Waals surface area contributed by atoms with E-state index in [1.54, 1.807) is 0 Å². The molecule has 0 bridgehead atoms. The summed E-state index contributed by atoms with van der Waals surface area (Å²) in [6.45, 7) is 13.7. The number of carbonyl (C=O) groups excluding carboxylic acids is 1. The Hall–Kier alpha value is -1.10. The molecule has 0 heterocycles. The Balaban J connectivity index is 5.14. The predicted octanol–water partition coefficient (Wildman–Crippen LogP) is 3.14. The highest BCUT2D eigenvalue weighted by atomic mass is 16.4. The van der Waals surface area contributed by atoms with Gasteiger partial charge in [-0.3, -0.25) is 9.69 Å². The van der Waals surface area contributed by atoms with E-state index in [1.807, 2.05) is 27.7 Å². The first-order valence-corrected chi connectivity index (χ1v) is 9.03. The van der Waals surface area contributed by atoms with Crippen molar-refractivity contribution in [2.45, 2.75) is 79.3 Å². The van der Waals surface area contributed by atoms with Gasteiger partial charge >= 0.3 is 5.97 Å². The van der Waals surface area contributed by atoms with Crippen molar-refractivity contribution in [3.8, 4) is 0 Å². The zero-order valence-corrected chi connectivity index (χ0v) is 15.8. The molecule has 0 rings (SSSR count). The molecule has 0 fully saturated rings. The number of amides is 1. The average Bonchev–Trinajstić information content (AvgIpc) is 2.46. The zero-order valence-electron chi connectivity index (χ0n) is 15.8. The molecule has 5 heteroatoms. The van der Waals surface area contributed by atoms with Gasteiger partial charge in [0.25, 0.3) is 0 Å². The third-order valence-electron chi connectivity index (χ3n) is 4.12. The minimum atomic E-state index is -0.968. The molecule has 0 radical (unpaired) electrons. The van der Waals surface area contributed by atoms with Crippen molar-refractivity contribution in [3.63, 3.8) is 0 Å². The number of unbranched alkanes of at least 4 members (excludes halogenated alkanes) is 2. The number of hydrogen-bond acceptors (Lipinski definition) is 3. The summed E-state index contributed by atoms with van der Waals surface area (Å²) in [4.78, 5) is 26.3. The molecule has 0 aromatic carbocycles. The second-order valence-corrected chi connectivity index (χ2v) is 7.00. The number of carboxylic acids is 1. The van der Waals surface area contributed by atoms with Crippen molar-refractivity contribution in [2.75, 3.05) is 13.1 Å². The minimum absolute atomic E-state index is 0.135. The molecule has 2 unspecified atom stereocenters. The fraction of sp³-hybridized carbons (Fsp3) is 0.889. The van der Waals surface area contributed by atoms with Gasteiger partial charge in [-0.05, 0) is 37.8 Å². The van der Waals surface area contributed by atoms with Crippen LogP contribution in [0.5, 0.6) is 0 Å². The quantitative estimate of drug-likeness (QED) is 0.577. The molecule has 0 aromatic rings. The third kappa shape index (κ3) is 7.82. The van der Waals surface area contributed by atoms with E-state index in [0.717, 1.165) is 38.8 Å². The largest absolute Gasteiger partial charge is 0.480 e. The van der Waals surface area contributed by atoms with Gasteiger partial charge in [0.1, 0.15) is 6.04 Å². The Morgan fingerprint density at radius 3 is 1.74 bits per heavy atom. The number of aliphatic carboxylic acids is 1. The molecule has 0 aromatic heterocycles. The molecular weight excluding hydrogens is 292 g/mol. The molecule has 5 nitrogen and oxygen atoms in total. The summed E-state index contributed by atoms with van der Waals surface area (Å²) in [5, 5.41) is 12.1. The molecule has 0 aliphatic heterocycles. The van der Waals surface area contributed by atoms with Gasteiger partial charge in [0.05, 0.1) is 6.04 Å². The lowest BCUT2D eigenvalue weighted by Crippen LogP contribution is -2.55. The number of rotatable bonds is 12. The maximum absolute atomic E-state index is 12.8. The smallest absolute Gasteiger partial charge is 0.326 e. The Bertz CT molecular complexity index is 348. The normalized spacial score (nSPS) is 14.3. The lowest BCUT2D eigenvalue weighted by molar-refractivity contribution is -0.144. The van der Waals surface area contributed by atoms with E-state index in [9.17, 15) is 14.7 Å². The first-order valence-electron chi connectivity index (χ1n) is 9.03. The maximum Gasteiger partial charge on any atom is 0.326 e. The van der Waals surface area contributed by atoms with Gasteiger partial charge in [0.15, 0.2) is 0 Å². The molecule has 1 amide bonds. The van der Waals surface area contributed by atoms with Gasteiger partial charge in [-0.25, -0.2) is 4.79 Å². The molecule has 0 aliphatic carbocycles. The van der Waals surface area contributed by atoms with Gasteiger partial charge in [-0.2, -0.15) is 0 Å². The van der Waals surface area contributed by atoms with E-state index >= 15 is 0 Å². The summed E-state index contributed by atoms with van der Waals surface area (Å²) in [6.07, 6.45) is 4.26. The SMILES string of the molecule is CCCCN(CCCC)C(C(=O)NC(C(=O)O)C(C)C)C(C)C. The van der Waals surface area contributed by atoms with Crippen LogP contribution in [-0.2, 0) is 9.59 Å². The Morgan fingerprint density at radius 2 is 1.43 bits per heavy atom. The van der Waals surface area contributed by atoms with Crippen LogP contribution < -0.4 is 5.32 Å². The highest BCUT2D eigenvalue weighted by molar-refractivity contribution is 5.87. The van der Waals surface area contributed by atoms with Gasteiger partial charge < -0.3 is 10.4 Å². The molecular formula is C18H36N2O3. The van der Waals surface area contributed by atoms with Crippen LogP contribution in [0.2, 0.25) is 0 Å². The molecule has 0 saturated carbocycles. The molecule has 2 N–H and O–H groups in total. The Morgan fingerprint density at radius 1 is 0.957 bits per heavy atom. The van der Waals surface area contributed by atoms with E-state index in [0.29, 0.717) is 0 Å². The molecule has 2 atom stereocenters. The van der Waals surface area contributed by atoms with Crippen LogP contribution in [0.1, 0.15) is 67.2 Å². The van der Waals surface area contributed by atoms with E-state index in [2.05, 4.69) is 24.1 Å². The molecule has 0 aliphatic rings. The van der Waals surface area contributed by atoms with E-state index in [1.165, 1.54) is 0 Å². The first kappa shape index (κ1) is 21.9. The van der Waals surface area contributed by atoms with Gasteiger partial charge in [-0.1, -0.05) is 54.4 Å². The monoisotopic (exact) mass is 328 g/mol. The van der Waals surface area contributed by atoms with E-state index in [4.69, 9.17) is 0 Å². The van der Waals surface area contributed by atoms with Crippen LogP contribution in [0.3, 0.4) is 0 Å². The summed E-state index contributed by atoms with van der Waals surface area (Å²) >= 11 is 0. The maximum atomic E-state index is 12.8. The first-order chi connectivity index (χ1) is 10.8. The lowest BCUT2D eigenvalue weighted by atomic mass is 9.98. The van der Waals surface area contributed by atoms with Crippen LogP contribution in [0.4, 0.5) is 0 Å². The zero-order chi connectivity index (χ0) is 18.0. The topological polar surface area (TPSA) is 69.6 Å². The predicted molar refractivity (Wildman–Crippen MR) is 94.4 cm³/mol. The number of hydrogen-bond donors (Lipinski definition) is 2. The lowest BCUT2D eigenvalue weighted by Gasteiger charge is -2.34. The summed E-state index contributed by atoms with van der Waals surface area (Å²) in [5.74, 6) is -1.12. The second-order valence-electron chi connectivity index (χ2n) is 7.00. The average molecular weight is 328 g/mol. The number of carbonyl (C=O) groups is 2. The van der Waals surface area contributed by atoms with Crippen molar-refractivity contribution in [1.82, 2.24) is 10.2 Å². The van der Waals surface area contributed by atoms with Crippen LogP contribution in [-0.4, -0.2) is 47.1 Å². The van der Waals surface area contributed by atoms with Crippen LogP contribution in [0.15, 0.2) is 0 Å². The van der Waals surface area contributed by atoms with Gasteiger partial charge in [-0.15, -0.1) is 0 Å². The standard InChI is InChI=1S/C18H36N2O3/c1-7-9-11-20(12-10-8-2)16(14(5)6)17(21)19-15(13(3)4)18(22)23/h13-16H,7-12H2,1-6H3,(H,19,21)(H,22,23). The van der Waals surface area contributed by atoms with Crippen molar-refractivity contribution < 1.29 is 14.7 Å². The molecule has 136 valence electrons. The fourth-order valence-corrected chi connectivity index (χ4v) is 2.75. The van der Waals surface area contributed by atoms with Crippen LogP contribution in [0.25, 0.3) is 0 Å². The van der Waals surface area contributed by atoms with Crippen molar-refractivity contribution in [2.24, 2.45) is 11.8 Å². The van der Waals surface area contributed by atoms with E-state index < -0.39 is 12.0 Å². The minimum Gasteiger partial charge on any atom is -0.480 e. The van der Waals surface area contributed by atoms with Gasteiger partial charge in [0.2, 0.25) is 5.91 Å². The fourth-order valence-electron chi connectivity index (χ4n) is 2.75. The third-order valence-corrected chi connectivity index (χ3v) is 4.12. The summed E-state index contributed by atoms with van der Waals surface area (Å²) in [7, 11) is 0. The van der Waals surface area contributed by atoms with Crippen LogP contribution in [0, 0.1) is 11.8 Å². The molecule has 0 spiro atoms. The summed E-state index contributed by atoms with van der Waals surface area (Å²) in [6, 6.07) is -1.10. The molecule has 0 saturated heterocycles. The highest BCUT2D eigenvalue weighted by Crippen LogP contribution is 2.15. The molecule has 23 heavy (non-hydrogen) atoms. The number of nitrogens with one attached hydrogen (secondary N) is 1. The number of carboxylic acid groups (broad SMARTS) is 1. The van der Waals surface area contributed by atoms with Crippen LogP contribution >= 0.6 is 0 Å². The highest BCUT2D eigenvalue weighted by Gasteiger charge is 2.32. The Kier molecular flexibility index (Phi) is 10.9. The van der Waals surface area contributed by atoms with Crippen molar-refractivity contribution >= 4 is 11.9 Å². The van der Waals surface area contributed by atoms with E-state index in [-0.39, 0.29) is 23.8 Å². The second kappa shape index (κ2) is 11.4. The number of nitrogens with zero attached hydrogens (tertiary/aromatic N) is 1. The van der Waals surface area contributed by atoms with Crippen molar-refractivity contribution in [3.05, 3.63) is 0 Å². The summed E-state index contributed by atoms with van der Waals surface area (Å²) in [5.41, 5.74) is 0. The summed E-state index contributed by atoms with van der Waals surface area (Å²) < 4.78 is 0. The Labute approximate surface area is 141 Å².